The van der Waals surface area contributed by atoms with Gasteiger partial charge in [-0.15, -0.1) is 0 Å². The van der Waals surface area contributed by atoms with Gasteiger partial charge in [-0.3, -0.25) is 4.79 Å². The van der Waals surface area contributed by atoms with Crippen molar-refractivity contribution in [2.75, 3.05) is 33.5 Å². The van der Waals surface area contributed by atoms with E-state index >= 15 is 0 Å². The minimum atomic E-state index is -3.51. The average molecular weight is 296 g/mol. The molecule has 0 unspecified atom stereocenters. The number of ether oxygens (including phenoxy) is 1. The Bertz CT molecular complexity index is 393. The summed E-state index contributed by atoms with van der Waals surface area (Å²) >= 11 is 1.69. The van der Waals surface area contributed by atoms with Crippen LogP contribution in [0.2, 0.25) is 0 Å². The summed E-state index contributed by atoms with van der Waals surface area (Å²) in [5.74, 6) is -0.417. The van der Waals surface area contributed by atoms with Gasteiger partial charge in [0.1, 0.15) is 0 Å². The molecule has 1 saturated carbocycles. The quantitative estimate of drug-likeness (QED) is 0.648. The lowest BCUT2D eigenvalue weighted by Crippen LogP contribution is -2.42. The normalized spacial score (nSPS) is 17.8. The molecule has 0 aromatic heterocycles. The molecular weight excluding hydrogens is 276 g/mol. The molecule has 8 heteroatoms. The van der Waals surface area contributed by atoms with Crippen LogP contribution in [0.3, 0.4) is 0 Å². The van der Waals surface area contributed by atoms with E-state index in [2.05, 4.69) is 9.46 Å². The molecule has 0 bridgehead atoms. The second-order valence-corrected chi connectivity index (χ2v) is 7.50. The molecule has 6 nitrogen and oxygen atoms in total. The zero-order valence-electron chi connectivity index (χ0n) is 10.9. The Labute approximate surface area is 113 Å². The van der Waals surface area contributed by atoms with E-state index < -0.39 is 16.2 Å². The van der Waals surface area contributed by atoms with Crippen LogP contribution in [0.25, 0.3) is 0 Å². The number of esters is 1. The van der Waals surface area contributed by atoms with Gasteiger partial charge in [0.15, 0.2) is 0 Å². The summed E-state index contributed by atoms with van der Waals surface area (Å²) in [6.45, 7) is 0.563. The molecule has 0 saturated heterocycles. The van der Waals surface area contributed by atoms with Crippen LogP contribution < -0.4 is 4.72 Å². The smallest absolute Gasteiger partial charge is 0.306 e. The maximum Gasteiger partial charge on any atom is 0.306 e. The van der Waals surface area contributed by atoms with E-state index in [4.69, 9.17) is 0 Å². The van der Waals surface area contributed by atoms with E-state index in [9.17, 15) is 13.2 Å². The Morgan fingerprint density at radius 3 is 2.56 bits per heavy atom. The number of methoxy groups -OCH3 is 1. The van der Waals surface area contributed by atoms with E-state index in [1.54, 1.807) is 11.8 Å². The zero-order valence-corrected chi connectivity index (χ0v) is 12.6. The van der Waals surface area contributed by atoms with Crippen LogP contribution in [0.15, 0.2) is 0 Å². The summed E-state index contributed by atoms with van der Waals surface area (Å²) < 4.78 is 32.0. The van der Waals surface area contributed by atoms with Gasteiger partial charge in [0.2, 0.25) is 0 Å². The van der Waals surface area contributed by atoms with Crippen LogP contribution in [0.4, 0.5) is 0 Å². The van der Waals surface area contributed by atoms with Gasteiger partial charge in [0, 0.05) is 24.9 Å². The Balaban J connectivity index is 2.40. The van der Waals surface area contributed by atoms with Crippen LogP contribution in [-0.2, 0) is 19.7 Å². The van der Waals surface area contributed by atoms with Gasteiger partial charge >= 0.3 is 5.97 Å². The van der Waals surface area contributed by atoms with Crippen molar-refractivity contribution in [1.82, 2.24) is 9.03 Å². The minimum absolute atomic E-state index is 0.0571. The van der Waals surface area contributed by atoms with E-state index in [0.717, 1.165) is 17.1 Å². The molecule has 1 aliphatic carbocycles. The van der Waals surface area contributed by atoms with Gasteiger partial charge in [0.25, 0.3) is 10.2 Å². The number of rotatable bonds is 8. The fourth-order valence-corrected chi connectivity index (χ4v) is 3.23. The third-order valence-corrected chi connectivity index (χ3v) is 6.02. The van der Waals surface area contributed by atoms with E-state index in [1.165, 1.54) is 14.2 Å². The van der Waals surface area contributed by atoms with Crippen molar-refractivity contribution in [3.05, 3.63) is 0 Å². The average Bonchev–Trinajstić information content (AvgIpc) is 3.13. The third kappa shape index (κ3) is 4.42. The molecular formula is C10H20N2O4S2. The van der Waals surface area contributed by atoms with Crippen LogP contribution in [0.1, 0.15) is 19.3 Å². The Morgan fingerprint density at radius 2 is 2.11 bits per heavy atom. The number of nitrogens with zero attached hydrogens (tertiary/aromatic N) is 1. The first-order valence-electron chi connectivity index (χ1n) is 5.68. The number of nitrogens with one attached hydrogen (secondary N) is 1. The standard InChI is InChI=1S/C10H20N2O4S2/c1-12(7-4-9(13)16-2)18(14,15)11-8-10(17-3)5-6-10/h11H,4-8H2,1-3H3. The largest absolute Gasteiger partial charge is 0.469 e. The van der Waals surface area contributed by atoms with Crippen molar-refractivity contribution < 1.29 is 17.9 Å². The fraction of sp³-hybridized carbons (Fsp3) is 0.900. The van der Waals surface area contributed by atoms with Gasteiger partial charge < -0.3 is 4.74 Å². The molecule has 0 spiro atoms. The topological polar surface area (TPSA) is 75.7 Å². The first kappa shape index (κ1) is 15.7. The number of hydrogen-bond acceptors (Lipinski definition) is 5. The molecule has 0 amide bonds. The van der Waals surface area contributed by atoms with E-state index in [0.29, 0.717) is 6.54 Å². The molecule has 1 aliphatic rings. The van der Waals surface area contributed by atoms with Crippen molar-refractivity contribution in [3.63, 3.8) is 0 Å². The van der Waals surface area contributed by atoms with Gasteiger partial charge in [-0.25, -0.2) is 4.72 Å². The van der Waals surface area contributed by atoms with Crippen LogP contribution in [-0.4, -0.2) is 56.9 Å². The Kier molecular flexibility index (Phi) is 5.45. The summed E-state index contributed by atoms with van der Waals surface area (Å²) in [6, 6.07) is 0. The molecule has 0 heterocycles. The molecule has 0 radical (unpaired) electrons. The van der Waals surface area contributed by atoms with Crippen LogP contribution >= 0.6 is 11.8 Å². The fourth-order valence-electron chi connectivity index (χ4n) is 1.40. The van der Waals surface area contributed by atoms with Crippen molar-refractivity contribution in [1.29, 1.82) is 0 Å². The van der Waals surface area contributed by atoms with Gasteiger partial charge in [-0.1, -0.05) is 0 Å². The van der Waals surface area contributed by atoms with E-state index in [-0.39, 0.29) is 17.7 Å². The highest BCUT2D eigenvalue weighted by atomic mass is 32.2. The Morgan fingerprint density at radius 1 is 1.50 bits per heavy atom. The molecule has 106 valence electrons. The lowest BCUT2D eigenvalue weighted by molar-refractivity contribution is -0.140. The molecule has 1 fully saturated rings. The van der Waals surface area contributed by atoms with Crippen molar-refractivity contribution in [2.45, 2.75) is 24.0 Å². The summed E-state index contributed by atoms with van der Waals surface area (Å²) in [5.41, 5.74) is 0. The summed E-state index contributed by atoms with van der Waals surface area (Å²) in [7, 11) is -0.775. The number of carbonyl (C=O) groups is 1. The predicted molar refractivity (Wildman–Crippen MR) is 71.7 cm³/mol. The van der Waals surface area contributed by atoms with Gasteiger partial charge in [-0.2, -0.15) is 24.5 Å². The summed E-state index contributed by atoms with van der Waals surface area (Å²) in [5, 5.41) is 0. The SMILES string of the molecule is COC(=O)CCN(C)S(=O)(=O)NCC1(SC)CC1. The van der Waals surface area contributed by atoms with E-state index in [1.807, 2.05) is 6.26 Å². The second-order valence-electron chi connectivity index (χ2n) is 4.36. The molecule has 1 N–H and O–H groups in total. The maximum atomic E-state index is 11.9. The maximum absolute atomic E-state index is 11.9. The number of hydrogen-bond donors (Lipinski definition) is 1. The first-order chi connectivity index (χ1) is 8.35. The van der Waals surface area contributed by atoms with Crippen molar-refractivity contribution >= 4 is 27.9 Å². The van der Waals surface area contributed by atoms with Crippen molar-refractivity contribution in [3.8, 4) is 0 Å². The highest BCUT2D eigenvalue weighted by Gasteiger charge is 2.42. The Hall–Kier alpha value is -0.310. The first-order valence-corrected chi connectivity index (χ1v) is 8.34. The van der Waals surface area contributed by atoms with Crippen LogP contribution in [0.5, 0.6) is 0 Å². The molecule has 0 atom stereocenters. The lowest BCUT2D eigenvalue weighted by atomic mass is 10.4. The molecule has 0 aromatic carbocycles. The lowest BCUT2D eigenvalue weighted by Gasteiger charge is -2.19. The highest BCUT2D eigenvalue weighted by Crippen LogP contribution is 2.46. The highest BCUT2D eigenvalue weighted by molar-refractivity contribution is 8.00. The van der Waals surface area contributed by atoms with Gasteiger partial charge in [0.05, 0.1) is 13.5 Å². The summed E-state index contributed by atoms with van der Waals surface area (Å²) in [6.07, 6.45) is 4.13. The molecule has 0 aliphatic heterocycles. The van der Waals surface area contributed by atoms with Crippen molar-refractivity contribution in [2.24, 2.45) is 0 Å². The van der Waals surface area contributed by atoms with Gasteiger partial charge in [-0.05, 0) is 19.1 Å². The van der Waals surface area contributed by atoms with Crippen LogP contribution in [0, 0.1) is 0 Å². The predicted octanol–water partition coefficient (Wildman–Crippen LogP) is 0.211. The zero-order chi connectivity index (χ0) is 13.8. The third-order valence-electron chi connectivity index (χ3n) is 3.09. The monoisotopic (exact) mass is 296 g/mol. The second kappa shape index (κ2) is 6.23. The molecule has 18 heavy (non-hydrogen) atoms. The molecule has 1 rings (SSSR count). The minimum Gasteiger partial charge on any atom is -0.469 e. The number of carbonyl (C=O) groups excluding carboxylic acids is 1. The summed E-state index contributed by atoms with van der Waals surface area (Å²) in [4.78, 5) is 10.9. The molecule has 0 aromatic rings. The number of thioether (sulfide) groups is 1.